The maximum atomic E-state index is 13.1. The Kier molecular flexibility index (Phi) is 6.54. The van der Waals surface area contributed by atoms with Crippen LogP contribution < -0.4 is 10.0 Å². The highest BCUT2D eigenvalue weighted by Gasteiger charge is 2.11. The number of anilines is 1. The second-order valence-electron chi connectivity index (χ2n) is 4.18. The summed E-state index contributed by atoms with van der Waals surface area (Å²) in [5.74, 6) is -0.590. The Morgan fingerprint density at radius 2 is 2.00 bits per heavy atom. The van der Waals surface area contributed by atoms with Crippen LogP contribution in [0.3, 0.4) is 0 Å². The van der Waals surface area contributed by atoms with E-state index >= 15 is 0 Å². The van der Waals surface area contributed by atoms with Crippen molar-refractivity contribution >= 4 is 27.3 Å². The van der Waals surface area contributed by atoms with Crippen molar-refractivity contribution in [2.45, 2.75) is 19.8 Å². The predicted molar refractivity (Wildman–Crippen MR) is 76.6 cm³/mol. The van der Waals surface area contributed by atoms with Crippen molar-refractivity contribution in [3.8, 4) is 0 Å². The Labute approximate surface area is 118 Å². The molecule has 1 aromatic rings. The molecule has 0 aliphatic heterocycles. The fraction of sp³-hybridized carbons (Fsp3) is 0.500. The lowest BCUT2D eigenvalue weighted by Crippen LogP contribution is -2.22. The van der Waals surface area contributed by atoms with E-state index in [9.17, 15) is 12.8 Å². The summed E-state index contributed by atoms with van der Waals surface area (Å²) in [7, 11) is -3.47. The Morgan fingerprint density at radius 3 is 2.63 bits per heavy atom. The van der Waals surface area contributed by atoms with Crippen LogP contribution in [0.2, 0.25) is 5.02 Å². The van der Waals surface area contributed by atoms with E-state index in [-0.39, 0.29) is 16.5 Å². The van der Waals surface area contributed by atoms with Gasteiger partial charge in [0, 0.05) is 5.02 Å². The maximum absolute atomic E-state index is 13.1. The lowest BCUT2D eigenvalue weighted by Gasteiger charge is -2.09. The number of rotatable bonds is 8. The van der Waals surface area contributed by atoms with Crippen molar-refractivity contribution < 1.29 is 12.8 Å². The van der Waals surface area contributed by atoms with Crippen LogP contribution in [0.5, 0.6) is 0 Å². The molecule has 7 heteroatoms. The van der Waals surface area contributed by atoms with Crippen LogP contribution in [0.4, 0.5) is 10.1 Å². The van der Waals surface area contributed by atoms with E-state index in [0.29, 0.717) is 13.0 Å². The molecule has 0 saturated heterocycles. The van der Waals surface area contributed by atoms with Crippen molar-refractivity contribution in [3.63, 3.8) is 0 Å². The van der Waals surface area contributed by atoms with Crippen molar-refractivity contribution in [2.75, 3.05) is 23.6 Å². The first-order chi connectivity index (χ1) is 8.93. The summed E-state index contributed by atoms with van der Waals surface area (Å²) in [5.41, 5.74) is 0.145. The van der Waals surface area contributed by atoms with E-state index in [1.54, 1.807) is 0 Å². The fourth-order valence-corrected chi connectivity index (χ4v) is 2.86. The largest absolute Gasteiger partial charge is 0.317 e. The molecule has 0 amide bonds. The van der Waals surface area contributed by atoms with Crippen molar-refractivity contribution in [1.82, 2.24) is 5.32 Å². The molecule has 2 N–H and O–H groups in total. The van der Waals surface area contributed by atoms with Crippen LogP contribution in [0.1, 0.15) is 19.8 Å². The monoisotopic (exact) mass is 308 g/mol. The molecule has 0 saturated carbocycles. The molecule has 19 heavy (non-hydrogen) atoms. The molecule has 0 atom stereocenters. The van der Waals surface area contributed by atoms with Crippen molar-refractivity contribution in [2.24, 2.45) is 0 Å². The summed E-state index contributed by atoms with van der Waals surface area (Å²) < 4.78 is 38.9. The Morgan fingerprint density at radius 1 is 1.26 bits per heavy atom. The van der Waals surface area contributed by atoms with Gasteiger partial charge in [-0.1, -0.05) is 18.5 Å². The van der Waals surface area contributed by atoms with Gasteiger partial charge in [-0.25, -0.2) is 12.8 Å². The quantitative estimate of drug-likeness (QED) is 0.726. The molecule has 0 bridgehead atoms. The van der Waals surface area contributed by atoms with Gasteiger partial charge in [-0.05, 0) is 44.1 Å². The summed E-state index contributed by atoms with van der Waals surface area (Å²) in [6.45, 7) is 3.55. The van der Waals surface area contributed by atoms with Gasteiger partial charge in [-0.2, -0.15) is 0 Å². The molecule has 0 fully saturated rings. The minimum atomic E-state index is -3.47. The minimum Gasteiger partial charge on any atom is -0.317 e. The third-order valence-corrected chi connectivity index (χ3v) is 3.92. The molecular weight excluding hydrogens is 291 g/mol. The van der Waals surface area contributed by atoms with Gasteiger partial charge >= 0.3 is 0 Å². The number of sulfonamides is 1. The summed E-state index contributed by atoms with van der Waals surface area (Å²) in [6.07, 6.45) is 1.51. The molecule has 1 rings (SSSR count). The third kappa shape index (κ3) is 6.75. The number of hydrogen-bond acceptors (Lipinski definition) is 3. The number of nitrogens with one attached hydrogen (secondary N) is 2. The van der Waals surface area contributed by atoms with E-state index in [2.05, 4.69) is 10.0 Å². The zero-order chi connectivity index (χ0) is 14.3. The second kappa shape index (κ2) is 7.67. The van der Waals surface area contributed by atoms with Crippen LogP contribution in [-0.4, -0.2) is 27.3 Å². The van der Waals surface area contributed by atoms with E-state index in [1.165, 1.54) is 6.07 Å². The van der Waals surface area contributed by atoms with E-state index in [0.717, 1.165) is 25.1 Å². The molecule has 0 aliphatic rings. The maximum Gasteiger partial charge on any atom is 0.232 e. The van der Waals surface area contributed by atoms with Crippen LogP contribution in [-0.2, 0) is 10.0 Å². The normalized spacial score (nSPS) is 11.5. The standard InChI is InChI=1S/C12H18ClFN2O2S/c1-2-4-15-5-3-6-19(17,18)16-12-8-10(13)7-11(14)9-12/h7-9,15-16H,2-6H2,1H3. The molecule has 0 spiro atoms. The summed E-state index contributed by atoms with van der Waals surface area (Å²) in [4.78, 5) is 0. The van der Waals surface area contributed by atoms with Gasteiger partial charge in [-0.15, -0.1) is 0 Å². The highest BCUT2D eigenvalue weighted by Crippen LogP contribution is 2.19. The average Bonchev–Trinajstić information content (AvgIpc) is 2.26. The molecular formula is C12H18ClFN2O2S. The summed E-state index contributed by atoms with van der Waals surface area (Å²) >= 11 is 5.66. The Balaban J connectivity index is 2.49. The van der Waals surface area contributed by atoms with E-state index in [1.807, 2.05) is 6.92 Å². The summed E-state index contributed by atoms with van der Waals surface area (Å²) in [5, 5.41) is 3.27. The lowest BCUT2D eigenvalue weighted by atomic mass is 10.3. The smallest absolute Gasteiger partial charge is 0.232 e. The van der Waals surface area contributed by atoms with Gasteiger partial charge in [0.15, 0.2) is 0 Å². The molecule has 0 unspecified atom stereocenters. The van der Waals surface area contributed by atoms with Gasteiger partial charge in [-0.3, -0.25) is 4.72 Å². The SMILES string of the molecule is CCCNCCCS(=O)(=O)Nc1cc(F)cc(Cl)c1. The van der Waals surface area contributed by atoms with E-state index < -0.39 is 15.8 Å². The Bertz CT molecular complexity index is 488. The topological polar surface area (TPSA) is 58.2 Å². The first kappa shape index (κ1) is 16.2. The second-order valence-corrected chi connectivity index (χ2v) is 6.46. The first-order valence-electron chi connectivity index (χ1n) is 6.10. The van der Waals surface area contributed by atoms with Gasteiger partial charge in [0.1, 0.15) is 5.82 Å². The number of halogens is 2. The molecule has 0 aromatic heterocycles. The molecule has 0 heterocycles. The molecule has 0 radical (unpaired) electrons. The average molecular weight is 309 g/mol. The number of benzene rings is 1. The van der Waals surface area contributed by atoms with Gasteiger partial charge in [0.25, 0.3) is 0 Å². The van der Waals surface area contributed by atoms with Gasteiger partial charge in [0.2, 0.25) is 10.0 Å². The predicted octanol–water partition coefficient (Wildman–Crippen LogP) is 2.61. The summed E-state index contributed by atoms with van der Waals surface area (Å²) in [6, 6.07) is 3.59. The fourth-order valence-electron chi connectivity index (χ4n) is 1.53. The zero-order valence-corrected chi connectivity index (χ0v) is 12.3. The number of hydrogen-bond donors (Lipinski definition) is 2. The van der Waals surface area contributed by atoms with Gasteiger partial charge in [0.05, 0.1) is 11.4 Å². The van der Waals surface area contributed by atoms with Crippen LogP contribution in [0.25, 0.3) is 0 Å². The third-order valence-electron chi connectivity index (χ3n) is 2.33. The van der Waals surface area contributed by atoms with Crippen molar-refractivity contribution in [1.29, 1.82) is 0 Å². The van der Waals surface area contributed by atoms with Crippen LogP contribution in [0.15, 0.2) is 18.2 Å². The van der Waals surface area contributed by atoms with Crippen LogP contribution in [0, 0.1) is 5.82 Å². The highest BCUT2D eigenvalue weighted by atomic mass is 35.5. The molecule has 108 valence electrons. The molecule has 1 aromatic carbocycles. The molecule has 4 nitrogen and oxygen atoms in total. The molecule has 0 aliphatic carbocycles. The lowest BCUT2D eigenvalue weighted by molar-refractivity contribution is 0.593. The Hall–Kier alpha value is -0.850. The minimum absolute atomic E-state index is 0.0160. The first-order valence-corrected chi connectivity index (χ1v) is 8.13. The van der Waals surface area contributed by atoms with Crippen molar-refractivity contribution in [3.05, 3.63) is 29.0 Å². The van der Waals surface area contributed by atoms with Gasteiger partial charge < -0.3 is 5.32 Å². The highest BCUT2D eigenvalue weighted by molar-refractivity contribution is 7.92. The zero-order valence-electron chi connectivity index (χ0n) is 10.7. The van der Waals surface area contributed by atoms with Crippen LogP contribution >= 0.6 is 11.6 Å². The van der Waals surface area contributed by atoms with E-state index in [4.69, 9.17) is 11.6 Å².